The average Bonchev–Trinajstić information content (AvgIpc) is 3.29. The predicted molar refractivity (Wildman–Crippen MR) is 117 cm³/mol. The summed E-state index contributed by atoms with van der Waals surface area (Å²) in [4.78, 5) is 25.3. The van der Waals surface area contributed by atoms with Crippen molar-refractivity contribution in [2.45, 2.75) is 24.2 Å². The summed E-state index contributed by atoms with van der Waals surface area (Å²) in [7, 11) is -4.03. The molecule has 166 valence electrons. The number of benzene rings is 2. The Balaban J connectivity index is 1.72. The lowest BCUT2D eigenvalue weighted by Gasteiger charge is -2.24. The highest BCUT2D eigenvalue weighted by Crippen LogP contribution is 2.25. The van der Waals surface area contributed by atoms with Crippen molar-refractivity contribution in [3.05, 3.63) is 64.7 Å². The Hall–Kier alpha value is -2.98. The van der Waals surface area contributed by atoms with Crippen molar-refractivity contribution in [3.63, 3.8) is 0 Å². The zero-order chi connectivity index (χ0) is 22.3. The zero-order valence-corrected chi connectivity index (χ0v) is 18.0. The van der Waals surface area contributed by atoms with Gasteiger partial charge in [0.15, 0.2) is 0 Å². The molecule has 0 radical (unpaired) electrons. The fraction of sp³-hybridized carbons (Fsp3) is 0.381. The minimum atomic E-state index is -4.03. The third-order valence-electron chi connectivity index (χ3n) is 5.14. The van der Waals surface area contributed by atoms with E-state index in [0.717, 1.165) is 30.4 Å². The second-order valence-electron chi connectivity index (χ2n) is 7.35. The van der Waals surface area contributed by atoms with Crippen LogP contribution in [-0.4, -0.2) is 56.9 Å². The van der Waals surface area contributed by atoms with E-state index in [1.807, 2.05) is 0 Å². The van der Waals surface area contributed by atoms with Gasteiger partial charge >= 0.3 is 0 Å². The number of nitro benzene ring substituents is 1. The summed E-state index contributed by atoms with van der Waals surface area (Å²) in [6.07, 6.45) is 3.19. The zero-order valence-electron chi connectivity index (χ0n) is 17.1. The van der Waals surface area contributed by atoms with Gasteiger partial charge in [0, 0.05) is 18.7 Å². The van der Waals surface area contributed by atoms with Gasteiger partial charge in [0.25, 0.3) is 15.7 Å². The summed E-state index contributed by atoms with van der Waals surface area (Å²) in [5, 5.41) is 13.7. The summed E-state index contributed by atoms with van der Waals surface area (Å²) in [6.45, 7) is 3.09. The predicted octanol–water partition coefficient (Wildman–Crippen LogP) is 2.39. The summed E-state index contributed by atoms with van der Waals surface area (Å²) in [5.41, 5.74) is 0.0221. The molecule has 1 aliphatic heterocycles. The maximum atomic E-state index is 13.2. The summed E-state index contributed by atoms with van der Waals surface area (Å²) in [5.74, 6) is -0.431. The molecule has 0 aliphatic carbocycles. The number of carbonyl (C=O) groups excluding carboxylic acids is 1. The molecule has 1 heterocycles. The van der Waals surface area contributed by atoms with Crippen LogP contribution in [0.5, 0.6) is 0 Å². The number of nitrogens with one attached hydrogen (secondary N) is 1. The van der Waals surface area contributed by atoms with Gasteiger partial charge in [-0.3, -0.25) is 19.2 Å². The van der Waals surface area contributed by atoms with Crippen LogP contribution in [0.25, 0.3) is 0 Å². The van der Waals surface area contributed by atoms with Crippen LogP contribution in [0.2, 0.25) is 0 Å². The van der Waals surface area contributed by atoms with E-state index in [1.54, 1.807) is 18.2 Å². The van der Waals surface area contributed by atoms with E-state index < -0.39 is 27.4 Å². The first-order valence-corrected chi connectivity index (χ1v) is 11.6. The van der Waals surface area contributed by atoms with Crippen molar-refractivity contribution >= 4 is 27.3 Å². The molecule has 1 saturated heterocycles. The number of non-ortho nitro benzene ring substituents is 1. The SMILES string of the molecule is O=C(CN(c1ccc([N+](=O)[O-])cc1)S(=O)(=O)c1ccccc1)NCCCN1CCCC1. The minimum absolute atomic E-state index is 0.0372. The highest BCUT2D eigenvalue weighted by molar-refractivity contribution is 7.92. The Morgan fingerprint density at radius 2 is 1.71 bits per heavy atom. The molecular formula is C21H26N4O5S. The van der Waals surface area contributed by atoms with Gasteiger partial charge in [-0.1, -0.05) is 18.2 Å². The molecular weight excluding hydrogens is 420 g/mol. The van der Waals surface area contributed by atoms with E-state index >= 15 is 0 Å². The molecule has 9 nitrogen and oxygen atoms in total. The number of hydrogen-bond acceptors (Lipinski definition) is 6. The molecule has 2 aromatic carbocycles. The first-order chi connectivity index (χ1) is 14.9. The van der Waals surface area contributed by atoms with Gasteiger partial charge < -0.3 is 10.2 Å². The second-order valence-corrected chi connectivity index (χ2v) is 9.21. The highest BCUT2D eigenvalue weighted by Gasteiger charge is 2.27. The van der Waals surface area contributed by atoms with E-state index in [0.29, 0.717) is 6.54 Å². The normalized spacial score (nSPS) is 14.3. The second kappa shape index (κ2) is 10.4. The van der Waals surface area contributed by atoms with E-state index in [9.17, 15) is 23.3 Å². The number of amides is 1. The van der Waals surface area contributed by atoms with Crippen molar-refractivity contribution < 1.29 is 18.1 Å². The van der Waals surface area contributed by atoms with Crippen molar-refractivity contribution in [3.8, 4) is 0 Å². The summed E-state index contributed by atoms with van der Waals surface area (Å²) < 4.78 is 27.4. The Labute approximate surface area is 181 Å². The number of sulfonamides is 1. The molecule has 1 aliphatic rings. The first-order valence-electron chi connectivity index (χ1n) is 10.2. The summed E-state index contributed by atoms with van der Waals surface area (Å²) >= 11 is 0. The monoisotopic (exact) mass is 446 g/mol. The molecule has 0 aromatic heterocycles. The van der Waals surface area contributed by atoms with Crippen LogP contribution < -0.4 is 9.62 Å². The number of hydrogen-bond donors (Lipinski definition) is 1. The quantitative estimate of drug-likeness (QED) is 0.341. The van der Waals surface area contributed by atoms with Gasteiger partial charge in [-0.25, -0.2) is 8.42 Å². The molecule has 10 heteroatoms. The van der Waals surface area contributed by atoms with Crippen LogP contribution in [0.15, 0.2) is 59.5 Å². The topological polar surface area (TPSA) is 113 Å². The Morgan fingerprint density at radius 3 is 2.32 bits per heavy atom. The van der Waals surface area contributed by atoms with Gasteiger partial charge in [-0.15, -0.1) is 0 Å². The molecule has 31 heavy (non-hydrogen) atoms. The number of rotatable bonds is 10. The number of nitro groups is 1. The van der Waals surface area contributed by atoms with Crippen molar-refractivity contribution in [2.75, 3.05) is 37.0 Å². The molecule has 1 amide bonds. The third-order valence-corrected chi connectivity index (χ3v) is 6.93. The highest BCUT2D eigenvalue weighted by atomic mass is 32.2. The molecule has 2 aromatic rings. The van der Waals surface area contributed by atoms with Crippen molar-refractivity contribution in [1.29, 1.82) is 0 Å². The maximum absolute atomic E-state index is 13.2. The lowest BCUT2D eigenvalue weighted by molar-refractivity contribution is -0.384. The third kappa shape index (κ3) is 6.02. The van der Waals surface area contributed by atoms with Gasteiger partial charge in [-0.05, 0) is 63.2 Å². The van der Waals surface area contributed by atoms with E-state index in [2.05, 4.69) is 10.2 Å². The van der Waals surface area contributed by atoms with Crippen molar-refractivity contribution in [2.24, 2.45) is 0 Å². The number of anilines is 1. The molecule has 1 fully saturated rings. The Morgan fingerprint density at radius 1 is 1.06 bits per heavy atom. The molecule has 0 bridgehead atoms. The fourth-order valence-corrected chi connectivity index (χ4v) is 4.94. The maximum Gasteiger partial charge on any atom is 0.269 e. The first kappa shape index (κ1) is 22.7. The van der Waals surface area contributed by atoms with E-state index in [1.165, 1.54) is 49.2 Å². The molecule has 0 unspecified atom stereocenters. The standard InChI is InChI=1S/C21H26N4O5S/c26-21(22-13-6-16-23-14-4-5-15-23)17-24(18-9-11-19(12-10-18)25(27)28)31(29,30)20-7-2-1-3-8-20/h1-3,7-12H,4-6,13-17H2,(H,22,26). The molecule has 0 spiro atoms. The Bertz CT molecular complexity index is 990. The lowest BCUT2D eigenvalue weighted by Crippen LogP contribution is -2.41. The molecule has 1 N–H and O–H groups in total. The van der Waals surface area contributed by atoms with Crippen LogP contribution in [0.4, 0.5) is 11.4 Å². The van der Waals surface area contributed by atoms with Crippen LogP contribution >= 0.6 is 0 Å². The molecule has 0 atom stereocenters. The van der Waals surface area contributed by atoms with Crippen LogP contribution in [0.3, 0.4) is 0 Å². The molecule has 3 rings (SSSR count). The molecule has 0 saturated carbocycles. The average molecular weight is 447 g/mol. The summed E-state index contributed by atoms with van der Waals surface area (Å²) in [6, 6.07) is 12.9. The lowest BCUT2D eigenvalue weighted by atomic mass is 10.3. The van der Waals surface area contributed by atoms with E-state index in [4.69, 9.17) is 0 Å². The minimum Gasteiger partial charge on any atom is -0.354 e. The van der Waals surface area contributed by atoms with Gasteiger partial charge in [-0.2, -0.15) is 0 Å². The Kier molecular flexibility index (Phi) is 7.59. The van der Waals surface area contributed by atoms with Crippen LogP contribution in [-0.2, 0) is 14.8 Å². The van der Waals surface area contributed by atoms with Crippen molar-refractivity contribution in [1.82, 2.24) is 10.2 Å². The number of carbonyl (C=O) groups is 1. The van der Waals surface area contributed by atoms with Crippen LogP contribution in [0, 0.1) is 10.1 Å². The number of nitrogens with zero attached hydrogens (tertiary/aromatic N) is 3. The van der Waals surface area contributed by atoms with E-state index in [-0.39, 0.29) is 16.3 Å². The smallest absolute Gasteiger partial charge is 0.269 e. The largest absolute Gasteiger partial charge is 0.354 e. The van der Waals surface area contributed by atoms with Gasteiger partial charge in [0.05, 0.1) is 15.5 Å². The number of likely N-dealkylation sites (tertiary alicyclic amines) is 1. The van der Waals surface area contributed by atoms with Crippen LogP contribution in [0.1, 0.15) is 19.3 Å². The van der Waals surface area contributed by atoms with Gasteiger partial charge in [0.2, 0.25) is 5.91 Å². The fourth-order valence-electron chi connectivity index (χ4n) is 3.50. The van der Waals surface area contributed by atoms with Gasteiger partial charge in [0.1, 0.15) is 6.54 Å².